The molecule has 8 heteroatoms. The monoisotopic (exact) mass is 350 g/mol. The third-order valence-corrected chi connectivity index (χ3v) is 3.70. The molecule has 0 spiro atoms. The molecule has 7 nitrogen and oxygen atoms in total. The van der Waals surface area contributed by atoms with Crippen LogP contribution in [0.15, 0.2) is 35.5 Å². The van der Waals surface area contributed by atoms with Crippen molar-refractivity contribution in [1.82, 2.24) is 10.6 Å². The number of allylic oxidation sites excluding steroid dienone is 1. The first kappa shape index (κ1) is 17.7. The second kappa shape index (κ2) is 7.78. The Morgan fingerprint density at radius 1 is 1.21 bits per heavy atom. The van der Waals surface area contributed by atoms with E-state index in [0.29, 0.717) is 27.7 Å². The summed E-state index contributed by atoms with van der Waals surface area (Å²) in [5, 5.41) is 6.33. The summed E-state index contributed by atoms with van der Waals surface area (Å²) < 4.78 is 15.0. The summed E-state index contributed by atoms with van der Waals surface area (Å²) in [5.41, 5.74) is 1.64. The number of para-hydroxylation sites is 1. The Morgan fingerprint density at radius 2 is 1.92 bits per heavy atom. The van der Waals surface area contributed by atoms with Gasteiger partial charge in [0.2, 0.25) is 0 Å². The maximum Gasteiger partial charge on any atom is 0.343 e. The Bertz CT molecular complexity index is 701. The van der Waals surface area contributed by atoms with Gasteiger partial charge in [0, 0.05) is 11.3 Å². The van der Waals surface area contributed by atoms with E-state index < -0.39 is 18.0 Å². The van der Waals surface area contributed by atoms with Crippen LogP contribution < -0.4 is 15.4 Å². The summed E-state index contributed by atoms with van der Waals surface area (Å²) in [4.78, 5) is 23.5. The first-order chi connectivity index (χ1) is 11.5. The molecule has 0 saturated heterocycles. The number of nitrogens with one attached hydrogen (secondary N) is 2. The van der Waals surface area contributed by atoms with E-state index in [4.69, 9.17) is 21.7 Å². The summed E-state index contributed by atoms with van der Waals surface area (Å²) >= 11 is 5.18. The smallest absolute Gasteiger partial charge is 0.343 e. The number of carbonyl (C=O) groups is 2. The van der Waals surface area contributed by atoms with Gasteiger partial charge in [-0.25, -0.2) is 9.59 Å². The van der Waals surface area contributed by atoms with Gasteiger partial charge in [-0.15, -0.1) is 0 Å². The Morgan fingerprint density at radius 3 is 2.58 bits per heavy atom. The number of benzene rings is 1. The lowest BCUT2D eigenvalue weighted by atomic mass is 9.95. The van der Waals surface area contributed by atoms with Gasteiger partial charge < -0.3 is 24.8 Å². The van der Waals surface area contributed by atoms with Crippen molar-refractivity contribution in [2.45, 2.75) is 13.0 Å². The van der Waals surface area contributed by atoms with E-state index in [9.17, 15) is 9.59 Å². The van der Waals surface area contributed by atoms with Crippen molar-refractivity contribution in [3.8, 4) is 5.75 Å². The molecule has 0 saturated carbocycles. The largest absolute Gasteiger partial charge is 0.482 e. The van der Waals surface area contributed by atoms with Crippen LogP contribution in [0, 0.1) is 0 Å². The molecule has 1 aliphatic rings. The predicted octanol–water partition coefficient (Wildman–Crippen LogP) is 1.20. The minimum atomic E-state index is -0.556. The van der Waals surface area contributed by atoms with E-state index in [2.05, 4.69) is 15.4 Å². The normalized spacial score (nSPS) is 16.8. The van der Waals surface area contributed by atoms with Crippen LogP contribution in [-0.4, -0.2) is 37.9 Å². The van der Waals surface area contributed by atoms with Gasteiger partial charge in [0.25, 0.3) is 0 Å². The minimum absolute atomic E-state index is 0.237. The fourth-order valence-corrected chi connectivity index (χ4v) is 2.62. The molecule has 1 aromatic rings. The van der Waals surface area contributed by atoms with Gasteiger partial charge in [0.05, 0.1) is 25.8 Å². The lowest BCUT2D eigenvalue weighted by molar-refractivity contribution is -0.143. The average molecular weight is 350 g/mol. The lowest BCUT2D eigenvalue weighted by Crippen LogP contribution is -2.45. The number of thiocarbonyl (C=S) groups is 1. The van der Waals surface area contributed by atoms with E-state index in [-0.39, 0.29) is 6.61 Å². The quantitative estimate of drug-likeness (QED) is 0.605. The summed E-state index contributed by atoms with van der Waals surface area (Å²) in [5.74, 6) is -0.541. The van der Waals surface area contributed by atoms with Crippen LogP contribution in [0.1, 0.15) is 18.5 Å². The van der Waals surface area contributed by atoms with Crippen LogP contribution in [0.5, 0.6) is 5.75 Å². The van der Waals surface area contributed by atoms with Gasteiger partial charge in [-0.2, -0.15) is 0 Å². The molecular weight excluding hydrogens is 332 g/mol. The fourth-order valence-electron chi connectivity index (χ4n) is 2.35. The van der Waals surface area contributed by atoms with Crippen molar-refractivity contribution in [3.63, 3.8) is 0 Å². The van der Waals surface area contributed by atoms with Gasteiger partial charge in [0.1, 0.15) is 5.75 Å². The molecule has 0 bridgehead atoms. The molecule has 1 unspecified atom stereocenters. The number of carbonyl (C=O) groups excluding carboxylic acids is 2. The molecular formula is C16H18N2O5S. The average Bonchev–Trinajstić information content (AvgIpc) is 2.58. The van der Waals surface area contributed by atoms with Gasteiger partial charge in [0.15, 0.2) is 11.7 Å². The number of hydrogen-bond acceptors (Lipinski definition) is 6. The Labute approximate surface area is 145 Å². The van der Waals surface area contributed by atoms with Crippen molar-refractivity contribution < 1.29 is 23.8 Å². The highest BCUT2D eigenvalue weighted by atomic mass is 32.1. The van der Waals surface area contributed by atoms with Crippen LogP contribution in [0.4, 0.5) is 0 Å². The Balaban J connectivity index is 2.41. The lowest BCUT2D eigenvalue weighted by Gasteiger charge is -2.30. The molecule has 1 aromatic carbocycles. The standard InChI is InChI=1S/C16H18N2O5S/c1-9-13(15(20)22-3)14(18-16(24)17-9)10-6-4-5-7-11(10)23-8-12(19)21-2/h4-7,14H,8H2,1-3H3,(H2,17,18,24). The topological polar surface area (TPSA) is 85.9 Å². The van der Waals surface area contributed by atoms with Crippen LogP contribution >= 0.6 is 12.2 Å². The highest BCUT2D eigenvalue weighted by Gasteiger charge is 2.32. The van der Waals surface area contributed by atoms with Crippen molar-refractivity contribution in [1.29, 1.82) is 0 Å². The summed E-state index contributed by atoms with van der Waals surface area (Å²) in [7, 11) is 2.60. The zero-order valence-corrected chi connectivity index (χ0v) is 14.4. The summed E-state index contributed by atoms with van der Waals surface area (Å²) in [6, 6.07) is 6.50. The van der Waals surface area contributed by atoms with E-state index in [1.807, 2.05) is 0 Å². The number of esters is 2. The fraction of sp³-hybridized carbons (Fsp3) is 0.312. The SMILES string of the molecule is COC(=O)COc1ccccc1C1NC(=S)NC(C)=C1C(=O)OC. The first-order valence-electron chi connectivity index (χ1n) is 7.13. The van der Waals surface area contributed by atoms with Crippen molar-refractivity contribution in [2.24, 2.45) is 0 Å². The maximum absolute atomic E-state index is 12.2. The van der Waals surface area contributed by atoms with E-state index in [1.54, 1.807) is 31.2 Å². The zero-order chi connectivity index (χ0) is 17.7. The van der Waals surface area contributed by atoms with Crippen LogP contribution in [0.2, 0.25) is 0 Å². The minimum Gasteiger partial charge on any atom is -0.482 e. The molecule has 0 fully saturated rings. The summed E-state index contributed by atoms with van der Waals surface area (Å²) in [6.45, 7) is 1.50. The van der Waals surface area contributed by atoms with Crippen molar-refractivity contribution in [3.05, 3.63) is 41.1 Å². The number of rotatable bonds is 5. The van der Waals surface area contributed by atoms with Crippen molar-refractivity contribution >= 4 is 29.3 Å². The molecule has 0 amide bonds. The predicted molar refractivity (Wildman–Crippen MR) is 90.3 cm³/mol. The van der Waals surface area contributed by atoms with Gasteiger partial charge in [-0.05, 0) is 25.2 Å². The molecule has 0 radical (unpaired) electrons. The third-order valence-electron chi connectivity index (χ3n) is 3.48. The molecule has 0 aromatic heterocycles. The number of hydrogen-bond donors (Lipinski definition) is 2. The first-order valence-corrected chi connectivity index (χ1v) is 7.54. The van der Waals surface area contributed by atoms with Gasteiger partial charge in [-0.1, -0.05) is 18.2 Å². The van der Waals surface area contributed by atoms with Crippen LogP contribution in [-0.2, 0) is 19.1 Å². The van der Waals surface area contributed by atoms with Crippen molar-refractivity contribution in [2.75, 3.05) is 20.8 Å². The molecule has 2 rings (SSSR count). The highest BCUT2D eigenvalue weighted by Crippen LogP contribution is 2.33. The summed E-state index contributed by atoms with van der Waals surface area (Å²) in [6.07, 6.45) is 0. The Hall–Kier alpha value is -2.61. The molecule has 1 heterocycles. The molecule has 128 valence electrons. The molecule has 24 heavy (non-hydrogen) atoms. The van der Waals surface area contributed by atoms with Crippen LogP contribution in [0.25, 0.3) is 0 Å². The molecule has 1 atom stereocenters. The van der Waals surface area contributed by atoms with E-state index in [0.717, 1.165) is 0 Å². The second-order valence-electron chi connectivity index (χ2n) is 4.96. The number of ether oxygens (including phenoxy) is 3. The molecule has 2 N–H and O–H groups in total. The van der Waals surface area contributed by atoms with Crippen LogP contribution in [0.3, 0.4) is 0 Å². The van der Waals surface area contributed by atoms with Gasteiger partial charge in [-0.3, -0.25) is 0 Å². The Kier molecular flexibility index (Phi) is 5.75. The molecule has 1 aliphatic heterocycles. The van der Waals surface area contributed by atoms with E-state index in [1.165, 1.54) is 14.2 Å². The maximum atomic E-state index is 12.2. The molecule has 0 aliphatic carbocycles. The second-order valence-corrected chi connectivity index (χ2v) is 5.37. The van der Waals surface area contributed by atoms with Gasteiger partial charge >= 0.3 is 11.9 Å². The third kappa shape index (κ3) is 3.83. The number of methoxy groups -OCH3 is 2. The zero-order valence-electron chi connectivity index (χ0n) is 13.5. The highest BCUT2D eigenvalue weighted by molar-refractivity contribution is 7.80. The van der Waals surface area contributed by atoms with E-state index >= 15 is 0 Å².